The van der Waals surface area contributed by atoms with Gasteiger partial charge in [-0.25, -0.2) is 4.79 Å². The summed E-state index contributed by atoms with van der Waals surface area (Å²) in [4.78, 5) is 19.1. The minimum atomic E-state index is -0.571. The molecule has 0 fully saturated rings. The summed E-state index contributed by atoms with van der Waals surface area (Å²) in [5.41, 5.74) is 0.864. The molecule has 0 atom stereocenters. The van der Waals surface area contributed by atoms with E-state index in [-0.39, 0.29) is 6.01 Å². The molecule has 1 aromatic rings. The van der Waals surface area contributed by atoms with Crippen molar-refractivity contribution in [1.82, 2.24) is 9.97 Å². The maximum atomic E-state index is 11.6. The highest BCUT2D eigenvalue weighted by Gasteiger charge is 2.18. The zero-order valence-corrected chi connectivity index (χ0v) is 10.7. The third-order valence-electron chi connectivity index (χ3n) is 1.88. The summed E-state index contributed by atoms with van der Waals surface area (Å²) in [6.45, 7) is 8.67. The van der Waals surface area contributed by atoms with Crippen LogP contribution in [0.4, 0.5) is 10.5 Å². The summed E-state index contributed by atoms with van der Waals surface area (Å²) in [6, 6.07) is -0.310. The van der Waals surface area contributed by atoms with Gasteiger partial charge in [0.15, 0.2) is 0 Å². The Bertz CT molecular complexity index is 415. The average molecular weight is 239 g/mol. The topological polar surface area (TPSA) is 84.3 Å². The molecule has 0 aromatic carbocycles. The van der Waals surface area contributed by atoms with E-state index in [9.17, 15) is 9.90 Å². The summed E-state index contributed by atoms with van der Waals surface area (Å²) >= 11 is 0. The Kier molecular flexibility index (Phi) is 3.55. The van der Waals surface area contributed by atoms with E-state index in [0.717, 1.165) is 0 Å². The lowest BCUT2D eigenvalue weighted by atomic mass is 10.2. The highest BCUT2D eigenvalue weighted by atomic mass is 16.6. The molecule has 17 heavy (non-hydrogen) atoms. The summed E-state index contributed by atoms with van der Waals surface area (Å²) in [5.74, 6) is 0. The van der Waals surface area contributed by atoms with E-state index >= 15 is 0 Å². The van der Waals surface area contributed by atoms with Gasteiger partial charge in [0, 0.05) is 0 Å². The van der Waals surface area contributed by atoms with Crippen LogP contribution in [0.5, 0.6) is 6.01 Å². The van der Waals surface area contributed by atoms with Crippen LogP contribution in [-0.2, 0) is 4.74 Å². The van der Waals surface area contributed by atoms with Crippen molar-refractivity contribution in [2.45, 2.75) is 40.2 Å². The van der Waals surface area contributed by atoms with Crippen LogP contribution in [0, 0.1) is 13.8 Å². The van der Waals surface area contributed by atoms with Crippen LogP contribution in [0.25, 0.3) is 0 Å². The molecule has 0 aliphatic carbocycles. The number of ether oxygens (including phenoxy) is 1. The van der Waals surface area contributed by atoms with E-state index < -0.39 is 11.7 Å². The maximum Gasteiger partial charge on any atom is 0.412 e. The first-order valence-electron chi connectivity index (χ1n) is 5.23. The molecule has 0 saturated carbocycles. The molecule has 6 nitrogen and oxygen atoms in total. The number of carbonyl (C=O) groups excluding carboxylic acids is 1. The lowest BCUT2D eigenvalue weighted by Crippen LogP contribution is -2.27. The van der Waals surface area contributed by atoms with E-state index in [1.807, 2.05) is 0 Å². The smallest absolute Gasteiger partial charge is 0.412 e. The molecule has 2 N–H and O–H groups in total. The molecular weight excluding hydrogens is 222 g/mol. The summed E-state index contributed by atoms with van der Waals surface area (Å²) in [5, 5.41) is 11.7. The molecule has 94 valence electrons. The molecule has 6 heteroatoms. The maximum absolute atomic E-state index is 11.6. The van der Waals surface area contributed by atoms with Gasteiger partial charge in [0.1, 0.15) is 5.60 Å². The predicted octanol–water partition coefficient (Wildman–Crippen LogP) is 2.15. The summed E-state index contributed by atoms with van der Waals surface area (Å²) in [6.07, 6.45) is -0.571. The lowest BCUT2D eigenvalue weighted by Gasteiger charge is -2.20. The van der Waals surface area contributed by atoms with Crippen molar-refractivity contribution >= 4 is 11.8 Å². The first-order chi connectivity index (χ1) is 7.69. The molecular formula is C11H17N3O3. The van der Waals surface area contributed by atoms with Crippen LogP contribution < -0.4 is 5.32 Å². The molecule has 0 spiro atoms. The Morgan fingerprint density at radius 1 is 1.24 bits per heavy atom. The molecule has 0 saturated heterocycles. The third kappa shape index (κ3) is 3.90. The molecule has 1 heterocycles. The van der Waals surface area contributed by atoms with Gasteiger partial charge in [-0.3, -0.25) is 5.32 Å². The van der Waals surface area contributed by atoms with Gasteiger partial charge in [-0.2, -0.15) is 9.97 Å². The largest absolute Gasteiger partial charge is 0.479 e. The molecule has 0 bridgehead atoms. The van der Waals surface area contributed by atoms with Gasteiger partial charge in [-0.1, -0.05) is 0 Å². The first-order valence-corrected chi connectivity index (χ1v) is 5.23. The summed E-state index contributed by atoms with van der Waals surface area (Å²) in [7, 11) is 0. The average Bonchev–Trinajstić information content (AvgIpc) is 2.08. The van der Waals surface area contributed by atoms with E-state index in [4.69, 9.17) is 4.74 Å². The van der Waals surface area contributed by atoms with E-state index in [1.54, 1.807) is 34.6 Å². The highest BCUT2D eigenvalue weighted by Crippen LogP contribution is 2.19. The van der Waals surface area contributed by atoms with Gasteiger partial charge < -0.3 is 9.84 Å². The minimum absolute atomic E-state index is 0.310. The second kappa shape index (κ2) is 4.57. The fourth-order valence-electron chi connectivity index (χ4n) is 1.29. The second-order valence-electron chi connectivity index (χ2n) is 4.70. The van der Waals surface area contributed by atoms with Gasteiger partial charge in [0.25, 0.3) is 0 Å². The van der Waals surface area contributed by atoms with Gasteiger partial charge >= 0.3 is 12.1 Å². The van der Waals surface area contributed by atoms with Crippen LogP contribution in [-0.4, -0.2) is 26.8 Å². The molecule has 0 radical (unpaired) electrons. The molecule has 0 aliphatic rings. The fraction of sp³-hybridized carbons (Fsp3) is 0.545. The van der Waals surface area contributed by atoms with Crippen molar-refractivity contribution in [2.75, 3.05) is 5.32 Å². The van der Waals surface area contributed by atoms with E-state index in [1.165, 1.54) is 0 Å². The van der Waals surface area contributed by atoms with E-state index in [0.29, 0.717) is 17.1 Å². The molecule has 1 amide bonds. The SMILES string of the molecule is Cc1nc(O)nc(C)c1NC(=O)OC(C)(C)C. The van der Waals surface area contributed by atoms with Gasteiger partial charge in [0.2, 0.25) is 0 Å². The van der Waals surface area contributed by atoms with Crippen LogP contribution in [0.15, 0.2) is 0 Å². The van der Waals surface area contributed by atoms with Crippen molar-refractivity contribution in [1.29, 1.82) is 0 Å². The Hall–Kier alpha value is -1.85. The number of hydrogen-bond acceptors (Lipinski definition) is 5. The number of carbonyl (C=O) groups is 1. The number of aromatic nitrogens is 2. The number of anilines is 1. The number of rotatable bonds is 1. The molecule has 0 aliphatic heterocycles. The Morgan fingerprint density at radius 2 is 1.71 bits per heavy atom. The number of nitrogens with one attached hydrogen (secondary N) is 1. The van der Waals surface area contributed by atoms with Gasteiger partial charge in [-0.15, -0.1) is 0 Å². The normalized spacial score (nSPS) is 11.1. The highest BCUT2D eigenvalue weighted by molar-refractivity contribution is 5.86. The van der Waals surface area contributed by atoms with Crippen molar-refractivity contribution in [3.05, 3.63) is 11.4 Å². The standard InChI is InChI=1S/C11H17N3O3/c1-6-8(7(2)13-9(15)12-6)14-10(16)17-11(3,4)5/h1-5H3,(H,14,16)(H,12,13,15). The number of aryl methyl sites for hydroxylation is 2. The van der Waals surface area contributed by atoms with Gasteiger partial charge in [-0.05, 0) is 34.6 Å². The van der Waals surface area contributed by atoms with Crippen molar-refractivity contribution < 1.29 is 14.6 Å². The number of aromatic hydroxyl groups is 1. The zero-order chi connectivity index (χ0) is 13.2. The lowest BCUT2D eigenvalue weighted by molar-refractivity contribution is 0.0635. The first kappa shape index (κ1) is 13.2. The molecule has 1 aromatic heterocycles. The van der Waals surface area contributed by atoms with Crippen molar-refractivity contribution in [3.8, 4) is 6.01 Å². The van der Waals surface area contributed by atoms with Crippen LogP contribution >= 0.6 is 0 Å². The van der Waals surface area contributed by atoms with Crippen LogP contribution in [0.1, 0.15) is 32.2 Å². The van der Waals surface area contributed by atoms with Crippen molar-refractivity contribution in [2.24, 2.45) is 0 Å². The van der Waals surface area contributed by atoms with E-state index in [2.05, 4.69) is 15.3 Å². The second-order valence-corrected chi connectivity index (χ2v) is 4.70. The Balaban J connectivity index is 2.86. The van der Waals surface area contributed by atoms with Gasteiger partial charge in [0.05, 0.1) is 17.1 Å². The number of amides is 1. The Morgan fingerprint density at radius 3 is 2.12 bits per heavy atom. The van der Waals surface area contributed by atoms with Crippen molar-refractivity contribution in [3.63, 3.8) is 0 Å². The fourth-order valence-corrected chi connectivity index (χ4v) is 1.29. The molecule has 1 rings (SSSR count). The number of hydrogen-bond donors (Lipinski definition) is 2. The summed E-state index contributed by atoms with van der Waals surface area (Å²) < 4.78 is 5.11. The zero-order valence-electron chi connectivity index (χ0n) is 10.7. The quantitative estimate of drug-likeness (QED) is 0.784. The monoisotopic (exact) mass is 239 g/mol. The number of nitrogens with zero attached hydrogens (tertiary/aromatic N) is 2. The van der Waals surface area contributed by atoms with Crippen LogP contribution in [0.3, 0.4) is 0 Å². The predicted molar refractivity (Wildman–Crippen MR) is 63.0 cm³/mol. The minimum Gasteiger partial charge on any atom is -0.479 e. The van der Waals surface area contributed by atoms with Crippen LogP contribution in [0.2, 0.25) is 0 Å². The molecule has 0 unspecified atom stereocenters. The third-order valence-corrected chi connectivity index (χ3v) is 1.88. The Labute approximate surface area is 100 Å².